The lowest BCUT2D eigenvalue weighted by atomic mass is 10.1. The molecular formula is C18H23FN2. The molecule has 0 saturated carbocycles. The maximum atomic E-state index is 13.9. The van der Waals surface area contributed by atoms with Crippen LogP contribution in [-0.4, -0.2) is 20.6 Å². The Balaban J connectivity index is 2.20. The van der Waals surface area contributed by atoms with Crippen molar-refractivity contribution in [2.45, 2.75) is 19.9 Å². The predicted molar refractivity (Wildman–Crippen MR) is 87.4 cm³/mol. The van der Waals surface area contributed by atoms with Crippen molar-refractivity contribution in [1.82, 2.24) is 5.32 Å². The number of anilines is 1. The molecule has 2 aromatic rings. The largest absolute Gasteiger partial charge is 0.373 e. The summed E-state index contributed by atoms with van der Waals surface area (Å²) in [6.45, 7) is 4.90. The normalized spacial score (nSPS) is 12.2. The number of benzene rings is 2. The van der Waals surface area contributed by atoms with E-state index in [4.69, 9.17) is 0 Å². The first kappa shape index (κ1) is 15.5. The second-order valence-corrected chi connectivity index (χ2v) is 5.59. The summed E-state index contributed by atoms with van der Waals surface area (Å²) in [5.41, 5.74) is 4.34. The second-order valence-electron chi connectivity index (χ2n) is 5.59. The maximum absolute atomic E-state index is 13.9. The van der Waals surface area contributed by atoms with Crippen LogP contribution >= 0.6 is 0 Å². The van der Waals surface area contributed by atoms with Crippen molar-refractivity contribution in [3.63, 3.8) is 0 Å². The van der Waals surface area contributed by atoms with E-state index in [1.54, 1.807) is 6.07 Å². The third-order valence-electron chi connectivity index (χ3n) is 3.73. The zero-order valence-corrected chi connectivity index (χ0v) is 13.2. The first-order valence-electron chi connectivity index (χ1n) is 7.22. The quantitative estimate of drug-likeness (QED) is 0.898. The van der Waals surface area contributed by atoms with Crippen LogP contribution in [0.15, 0.2) is 42.5 Å². The van der Waals surface area contributed by atoms with Gasteiger partial charge in [-0.3, -0.25) is 0 Å². The van der Waals surface area contributed by atoms with Gasteiger partial charge in [0.1, 0.15) is 5.82 Å². The van der Waals surface area contributed by atoms with E-state index in [0.717, 1.165) is 5.69 Å². The fourth-order valence-electron chi connectivity index (χ4n) is 2.65. The molecule has 2 nitrogen and oxygen atoms in total. The van der Waals surface area contributed by atoms with Crippen molar-refractivity contribution in [2.24, 2.45) is 0 Å². The van der Waals surface area contributed by atoms with Gasteiger partial charge in [-0.1, -0.05) is 24.3 Å². The van der Waals surface area contributed by atoms with E-state index in [2.05, 4.69) is 42.3 Å². The van der Waals surface area contributed by atoms with Crippen molar-refractivity contribution in [2.75, 3.05) is 25.5 Å². The minimum absolute atomic E-state index is 0.0444. The second kappa shape index (κ2) is 6.72. The fourth-order valence-corrected chi connectivity index (χ4v) is 2.65. The molecular weight excluding hydrogens is 263 g/mol. The highest BCUT2D eigenvalue weighted by Gasteiger charge is 2.16. The molecule has 3 heteroatoms. The molecule has 1 N–H and O–H groups in total. The van der Waals surface area contributed by atoms with Crippen LogP contribution in [-0.2, 0) is 0 Å². The van der Waals surface area contributed by atoms with Crippen LogP contribution in [0.1, 0.15) is 22.7 Å². The molecule has 0 radical (unpaired) electrons. The lowest BCUT2D eigenvalue weighted by molar-refractivity contribution is 0.535. The van der Waals surface area contributed by atoms with E-state index in [1.807, 2.05) is 26.2 Å². The molecule has 112 valence electrons. The number of nitrogens with zero attached hydrogens (tertiary/aromatic N) is 1. The number of hydrogen-bond acceptors (Lipinski definition) is 2. The van der Waals surface area contributed by atoms with Crippen LogP contribution in [0.5, 0.6) is 0 Å². The Kier molecular flexibility index (Phi) is 4.97. The highest BCUT2D eigenvalue weighted by molar-refractivity contribution is 5.50. The van der Waals surface area contributed by atoms with Gasteiger partial charge >= 0.3 is 0 Å². The van der Waals surface area contributed by atoms with Crippen LogP contribution in [0.4, 0.5) is 10.1 Å². The summed E-state index contributed by atoms with van der Waals surface area (Å²) in [5.74, 6) is -0.161. The van der Waals surface area contributed by atoms with Crippen molar-refractivity contribution in [1.29, 1.82) is 0 Å². The standard InChI is InChI=1S/C18H23FN2/c1-13-9-14(2)11-15(10-13)21(4)12-18(20-3)16-7-5-6-8-17(16)19/h5-11,18,20H,12H2,1-4H3. The average molecular weight is 286 g/mol. The molecule has 0 amide bonds. The Hall–Kier alpha value is -1.87. The van der Waals surface area contributed by atoms with Crippen LogP contribution in [0, 0.1) is 19.7 Å². The summed E-state index contributed by atoms with van der Waals surface area (Å²) in [6, 6.07) is 13.4. The number of aryl methyl sites for hydroxylation is 2. The summed E-state index contributed by atoms with van der Waals surface area (Å²) in [6.07, 6.45) is 0. The molecule has 2 aromatic carbocycles. The Morgan fingerprint density at radius 1 is 1.10 bits per heavy atom. The maximum Gasteiger partial charge on any atom is 0.128 e. The molecule has 2 rings (SSSR count). The van der Waals surface area contributed by atoms with Gasteiger partial charge in [0.05, 0.1) is 6.04 Å². The Bertz CT molecular complexity index is 590. The third kappa shape index (κ3) is 3.82. The number of halogens is 1. The molecule has 0 bridgehead atoms. The zero-order chi connectivity index (χ0) is 15.4. The monoisotopic (exact) mass is 286 g/mol. The van der Waals surface area contributed by atoms with Gasteiger partial charge in [-0.2, -0.15) is 0 Å². The Morgan fingerprint density at radius 3 is 2.29 bits per heavy atom. The topological polar surface area (TPSA) is 15.3 Å². The van der Waals surface area contributed by atoms with E-state index >= 15 is 0 Å². The fraction of sp³-hybridized carbons (Fsp3) is 0.333. The molecule has 1 atom stereocenters. The molecule has 0 fully saturated rings. The zero-order valence-electron chi connectivity index (χ0n) is 13.2. The molecule has 0 heterocycles. The van der Waals surface area contributed by atoms with Gasteiger partial charge in [-0.15, -0.1) is 0 Å². The summed E-state index contributed by atoms with van der Waals surface area (Å²) in [5, 5.41) is 3.21. The predicted octanol–water partition coefficient (Wildman–Crippen LogP) is 3.84. The molecule has 0 aliphatic rings. The van der Waals surface area contributed by atoms with Gasteiger partial charge in [-0.25, -0.2) is 4.39 Å². The third-order valence-corrected chi connectivity index (χ3v) is 3.73. The Labute approximate surface area is 126 Å². The van der Waals surface area contributed by atoms with Crippen molar-refractivity contribution in [3.8, 4) is 0 Å². The van der Waals surface area contributed by atoms with Gasteiger partial charge in [0.15, 0.2) is 0 Å². The minimum atomic E-state index is -0.161. The molecule has 21 heavy (non-hydrogen) atoms. The lowest BCUT2D eigenvalue weighted by Crippen LogP contribution is -2.31. The smallest absolute Gasteiger partial charge is 0.128 e. The molecule has 0 saturated heterocycles. The van der Waals surface area contributed by atoms with Gasteiger partial charge < -0.3 is 10.2 Å². The number of nitrogens with one attached hydrogen (secondary N) is 1. The van der Waals surface area contributed by atoms with Crippen LogP contribution in [0.3, 0.4) is 0 Å². The molecule has 0 spiro atoms. The van der Waals surface area contributed by atoms with Crippen LogP contribution < -0.4 is 10.2 Å². The Morgan fingerprint density at radius 2 is 1.71 bits per heavy atom. The van der Waals surface area contributed by atoms with Gasteiger partial charge in [0.2, 0.25) is 0 Å². The van der Waals surface area contributed by atoms with Gasteiger partial charge in [0.25, 0.3) is 0 Å². The van der Waals surface area contributed by atoms with Crippen molar-refractivity contribution < 1.29 is 4.39 Å². The molecule has 1 unspecified atom stereocenters. The summed E-state index contributed by atoms with van der Waals surface area (Å²) in [4.78, 5) is 2.16. The van der Waals surface area contributed by atoms with Gasteiger partial charge in [0, 0.05) is 24.8 Å². The van der Waals surface area contributed by atoms with E-state index < -0.39 is 0 Å². The minimum Gasteiger partial charge on any atom is -0.373 e. The molecule has 0 aliphatic carbocycles. The average Bonchev–Trinajstić information content (AvgIpc) is 2.44. The number of likely N-dealkylation sites (N-methyl/N-ethyl adjacent to an activating group) is 2. The SMILES string of the molecule is CNC(CN(C)c1cc(C)cc(C)c1)c1ccccc1F. The number of rotatable bonds is 5. The molecule has 0 aromatic heterocycles. The summed E-state index contributed by atoms with van der Waals surface area (Å²) < 4.78 is 13.9. The first-order chi connectivity index (χ1) is 10.0. The highest BCUT2D eigenvalue weighted by Crippen LogP contribution is 2.22. The van der Waals surface area contributed by atoms with Crippen molar-refractivity contribution in [3.05, 3.63) is 65.0 Å². The number of hydrogen-bond donors (Lipinski definition) is 1. The lowest BCUT2D eigenvalue weighted by Gasteiger charge is -2.26. The van der Waals surface area contributed by atoms with Gasteiger partial charge in [-0.05, 0) is 50.2 Å². The first-order valence-corrected chi connectivity index (χ1v) is 7.22. The molecule has 0 aliphatic heterocycles. The van der Waals surface area contributed by atoms with Crippen LogP contribution in [0.2, 0.25) is 0 Å². The highest BCUT2D eigenvalue weighted by atomic mass is 19.1. The van der Waals surface area contributed by atoms with E-state index in [0.29, 0.717) is 12.1 Å². The van der Waals surface area contributed by atoms with E-state index in [-0.39, 0.29) is 11.9 Å². The summed E-state index contributed by atoms with van der Waals surface area (Å²) in [7, 11) is 3.91. The van der Waals surface area contributed by atoms with Crippen LogP contribution in [0.25, 0.3) is 0 Å². The summed E-state index contributed by atoms with van der Waals surface area (Å²) >= 11 is 0. The van der Waals surface area contributed by atoms with Crippen molar-refractivity contribution >= 4 is 5.69 Å². The van der Waals surface area contributed by atoms with E-state index in [9.17, 15) is 4.39 Å². The van der Waals surface area contributed by atoms with E-state index in [1.165, 1.54) is 17.2 Å².